The fourth-order valence-electron chi connectivity index (χ4n) is 1.23. The third-order valence-corrected chi connectivity index (χ3v) is 1.84. The summed E-state index contributed by atoms with van der Waals surface area (Å²) < 4.78 is 0. The van der Waals surface area contributed by atoms with E-state index in [1.165, 1.54) is 0 Å². The first-order chi connectivity index (χ1) is 5.97. The Labute approximate surface area is 69.8 Å². The van der Waals surface area contributed by atoms with E-state index in [9.17, 15) is 0 Å². The van der Waals surface area contributed by atoms with Gasteiger partial charge in [-0.3, -0.25) is 0 Å². The van der Waals surface area contributed by atoms with Gasteiger partial charge < -0.3 is 10.6 Å². The highest BCUT2D eigenvalue weighted by Gasteiger charge is 2.15. The van der Waals surface area contributed by atoms with Gasteiger partial charge in [0.05, 0.1) is 12.2 Å². The highest BCUT2D eigenvalue weighted by Crippen LogP contribution is 2.06. The highest BCUT2D eigenvalue weighted by molar-refractivity contribution is 5.00. The number of nitrogens with zero attached hydrogens (tertiary/aromatic N) is 4. The van der Waals surface area contributed by atoms with Crippen molar-refractivity contribution in [1.29, 1.82) is 0 Å². The molecule has 1 unspecified atom stereocenters. The maximum absolute atomic E-state index is 3.88. The minimum absolute atomic E-state index is 0.224. The molecular formula is C6H10N6. The van der Waals surface area contributed by atoms with Gasteiger partial charge in [0.2, 0.25) is 0 Å². The molecular weight excluding hydrogens is 156 g/mol. The molecule has 1 aromatic heterocycles. The van der Waals surface area contributed by atoms with E-state index in [0.717, 1.165) is 25.3 Å². The van der Waals surface area contributed by atoms with Gasteiger partial charge in [0.15, 0.2) is 0 Å². The van der Waals surface area contributed by atoms with Crippen molar-refractivity contribution >= 4 is 0 Å². The molecule has 2 heterocycles. The minimum atomic E-state index is 0.224. The summed E-state index contributed by atoms with van der Waals surface area (Å²) in [4.78, 5) is 0. The zero-order valence-electron chi connectivity index (χ0n) is 6.56. The Morgan fingerprint density at radius 1 is 1.33 bits per heavy atom. The van der Waals surface area contributed by atoms with Crippen molar-refractivity contribution in [2.75, 3.05) is 19.6 Å². The normalized spacial score (nSPS) is 23.8. The Balaban J connectivity index is 2.08. The van der Waals surface area contributed by atoms with Gasteiger partial charge >= 0.3 is 0 Å². The van der Waals surface area contributed by atoms with Gasteiger partial charge in [-0.15, -0.1) is 10.2 Å². The maximum Gasteiger partial charge on any atom is 0.103 e. The number of piperazine rings is 1. The van der Waals surface area contributed by atoms with Crippen molar-refractivity contribution < 1.29 is 0 Å². The van der Waals surface area contributed by atoms with E-state index in [2.05, 4.69) is 31.3 Å². The van der Waals surface area contributed by atoms with Crippen LogP contribution in [0.2, 0.25) is 0 Å². The molecule has 1 atom stereocenters. The standard InChI is InChI=1S/C6H10N6/c1-2-8-5(3-7-1)6-4-9-11-12-10-6/h4-5,7-8H,1-3H2. The van der Waals surface area contributed by atoms with Gasteiger partial charge in [-0.1, -0.05) is 0 Å². The van der Waals surface area contributed by atoms with Crippen LogP contribution in [0.3, 0.4) is 0 Å². The molecule has 0 spiro atoms. The van der Waals surface area contributed by atoms with Gasteiger partial charge in [0, 0.05) is 19.6 Å². The molecule has 0 amide bonds. The summed E-state index contributed by atoms with van der Waals surface area (Å²) in [5.74, 6) is 0. The first-order valence-electron chi connectivity index (χ1n) is 3.92. The van der Waals surface area contributed by atoms with Crippen molar-refractivity contribution in [2.45, 2.75) is 6.04 Å². The van der Waals surface area contributed by atoms with Crippen molar-refractivity contribution in [3.8, 4) is 0 Å². The molecule has 0 aromatic carbocycles. The monoisotopic (exact) mass is 166 g/mol. The lowest BCUT2D eigenvalue weighted by molar-refractivity contribution is 0.416. The van der Waals surface area contributed by atoms with Crippen LogP contribution < -0.4 is 10.6 Å². The van der Waals surface area contributed by atoms with Crippen LogP contribution in [0.1, 0.15) is 11.7 Å². The smallest absolute Gasteiger partial charge is 0.103 e. The van der Waals surface area contributed by atoms with Crippen LogP contribution in [0.15, 0.2) is 6.20 Å². The Hall–Kier alpha value is -1.14. The molecule has 1 fully saturated rings. The van der Waals surface area contributed by atoms with Crippen molar-refractivity contribution in [1.82, 2.24) is 31.3 Å². The van der Waals surface area contributed by atoms with Crippen LogP contribution >= 0.6 is 0 Å². The van der Waals surface area contributed by atoms with Crippen molar-refractivity contribution in [3.05, 3.63) is 11.9 Å². The first-order valence-corrected chi connectivity index (χ1v) is 3.92. The van der Waals surface area contributed by atoms with Crippen molar-refractivity contribution in [2.24, 2.45) is 0 Å². The predicted molar refractivity (Wildman–Crippen MR) is 41.2 cm³/mol. The van der Waals surface area contributed by atoms with E-state index in [1.54, 1.807) is 6.20 Å². The molecule has 0 radical (unpaired) electrons. The zero-order chi connectivity index (χ0) is 8.23. The topological polar surface area (TPSA) is 75.6 Å². The average molecular weight is 166 g/mol. The van der Waals surface area contributed by atoms with E-state index in [1.807, 2.05) is 0 Å². The summed E-state index contributed by atoms with van der Waals surface area (Å²) in [5.41, 5.74) is 0.845. The molecule has 6 nitrogen and oxygen atoms in total. The molecule has 0 aliphatic carbocycles. The fourth-order valence-corrected chi connectivity index (χ4v) is 1.23. The molecule has 12 heavy (non-hydrogen) atoms. The van der Waals surface area contributed by atoms with Crippen LogP contribution in [0.25, 0.3) is 0 Å². The predicted octanol–water partition coefficient (Wildman–Crippen LogP) is -1.50. The van der Waals surface area contributed by atoms with E-state index in [0.29, 0.717) is 0 Å². The maximum atomic E-state index is 3.88. The molecule has 6 heteroatoms. The van der Waals surface area contributed by atoms with E-state index < -0.39 is 0 Å². The largest absolute Gasteiger partial charge is 0.314 e. The quantitative estimate of drug-likeness (QED) is 0.529. The molecule has 2 rings (SSSR count). The number of nitrogens with one attached hydrogen (secondary N) is 2. The Bertz CT molecular complexity index is 231. The molecule has 1 aliphatic rings. The summed E-state index contributed by atoms with van der Waals surface area (Å²) >= 11 is 0. The summed E-state index contributed by atoms with van der Waals surface area (Å²) in [6, 6.07) is 0.224. The van der Waals surface area contributed by atoms with E-state index in [-0.39, 0.29) is 6.04 Å². The summed E-state index contributed by atoms with van der Waals surface area (Å²) in [7, 11) is 0. The molecule has 0 saturated carbocycles. The second-order valence-corrected chi connectivity index (χ2v) is 2.66. The van der Waals surface area contributed by atoms with E-state index in [4.69, 9.17) is 0 Å². The second kappa shape index (κ2) is 3.51. The Morgan fingerprint density at radius 2 is 2.33 bits per heavy atom. The molecule has 1 saturated heterocycles. The zero-order valence-corrected chi connectivity index (χ0v) is 6.56. The van der Waals surface area contributed by atoms with E-state index >= 15 is 0 Å². The third kappa shape index (κ3) is 1.54. The minimum Gasteiger partial charge on any atom is -0.314 e. The summed E-state index contributed by atoms with van der Waals surface area (Å²) in [5, 5.41) is 21.0. The number of aromatic nitrogens is 4. The SMILES string of the molecule is c1nnnnc1C1CNCCN1. The van der Waals surface area contributed by atoms with Crippen LogP contribution in [-0.2, 0) is 0 Å². The average Bonchev–Trinajstić information content (AvgIpc) is 2.21. The van der Waals surface area contributed by atoms with Crippen LogP contribution in [0.4, 0.5) is 0 Å². The lowest BCUT2D eigenvalue weighted by Crippen LogP contribution is -2.43. The second-order valence-electron chi connectivity index (χ2n) is 2.66. The number of hydrogen-bond donors (Lipinski definition) is 2. The third-order valence-electron chi connectivity index (χ3n) is 1.84. The summed E-state index contributed by atoms with van der Waals surface area (Å²) in [6.07, 6.45) is 1.64. The first kappa shape index (κ1) is 7.51. The van der Waals surface area contributed by atoms with Crippen LogP contribution in [0.5, 0.6) is 0 Å². The van der Waals surface area contributed by atoms with Crippen LogP contribution in [-0.4, -0.2) is 40.3 Å². The van der Waals surface area contributed by atoms with Crippen LogP contribution in [0, 0.1) is 0 Å². The molecule has 2 N–H and O–H groups in total. The number of rotatable bonds is 1. The van der Waals surface area contributed by atoms with Gasteiger partial charge in [-0.2, -0.15) is 0 Å². The lowest BCUT2D eigenvalue weighted by Gasteiger charge is -2.22. The Morgan fingerprint density at radius 3 is 3.00 bits per heavy atom. The fraction of sp³-hybridized carbons (Fsp3) is 0.667. The molecule has 64 valence electrons. The molecule has 1 aromatic rings. The van der Waals surface area contributed by atoms with Crippen molar-refractivity contribution in [3.63, 3.8) is 0 Å². The highest BCUT2D eigenvalue weighted by atomic mass is 15.4. The Kier molecular flexibility index (Phi) is 2.19. The van der Waals surface area contributed by atoms with Gasteiger partial charge in [0.1, 0.15) is 5.69 Å². The lowest BCUT2D eigenvalue weighted by atomic mass is 10.2. The summed E-state index contributed by atoms with van der Waals surface area (Å²) in [6.45, 7) is 2.83. The van der Waals surface area contributed by atoms with Gasteiger partial charge in [0.25, 0.3) is 0 Å². The van der Waals surface area contributed by atoms with Gasteiger partial charge in [-0.05, 0) is 10.4 Å². The molecule has 1 aliphatic heterocycles. The number of hydrogen-bond acceptors (Lipinski definition) is 6. The van der Waals surface area contributed by atoms with Gasteiger partial charge in [-0.25, -0.2) is 0 Å². The molecule has 0 bridgehead atoms.